The molecule has 0 radical (unpaired) electrons. The molecule has 2 aromatic heterocycles. The number of benzene rings is 1. The Bertz CT molecular complexity index is 1270. The summed E-state index contributed by atoms with van der Waals surface area (Å²) in [5.74, 6) is 2.91. The van der Waals surface area contributed by atoms with Crippen molar-refractivity contribution in [2.75, 3.05) is 24.5 Å². The van der Waals surface area contributed by atoms with E-state index in [1.54, 1.807) is 6.07 Å². The second kappa shape index (κ2) is 8.33. The van der Waals surface area contributed by atoms with E-state index in [9.17, 15) is 4.39 Å². The number of halogens is 2. The van der Waals surface area contributed by atoms with Crippen molar-refractivity contribution in [2.24, 2.45) is 0 Å². The van der Waals surface area contributed by atoms with Crippen molar-refractivity contribution in [1.82, 2.24) is 24.6 Å². The van der Waals surface area contributed by atoms with Crippen LogP contribution < -0.4 is 4.90 Å². The van der Waals surface area contributed by atoms with Crippen LogP contribution in [0.1, 0.15) is 54.5 Å². The van der Waals surface area contributed by atoms with Gasteiger partial charge in [-0.2, -0.15) is 5.26 Å². The third-order valence-corrected chi connectivity index (χ3v) is 7.36. The van der Waals surface area contributed by atoms with Crippen LogP contribution in [0.15, 0.2) is 36.4 Å². The second-order valence-electron chi connectivity index (χ2n) is 9.63. The van der Waals surface area contributed by atoms with Gasteiger partial charge in [0.15, 0.2) is 5.82 Å². The molecular formula is C25H25ClFN7. The first kappa shape index (κ1) is 21.5. The van der Waals surface area contributed by atoms with E-state index >= 15 is 0 Å². The van der Waals surface area contributed by atoms with Crippen molar-refractivity contribution in [3.05, 3.63) is 64.3 Å². The zero-order valence-corrected chi connectivity index (χ0v) is 19.5. The number of hydrogen-bond donors (Lipinski definition) is 0. The number of aromatic nitrogens is 4. The van der Waals surface area contributed by atoms with E-state index in [1.807, 2.05) is 30.3 Å². The van der Waals surface area contributed by atoms with Crippen molar-refractivity contribution in [1.29, 1.82) is 5.26 Å². The van der Waals surface area contributed by atoms with Crippen LogP contribution in [-0.2, 0) is 13.1 Å². The van der Waals surface area contributed by atoms with E-state index < -0.39 is 5.67 Å². The van der Waals surface area contributed by atoms with Crippen molar-refractivity contribution in [3.8, 4) is 11.8 Å². The molecule has 9 heteroatoms. The quantitative estimate of drug-likeness (QED) is 0.555. The lowest BCUT2D eigenvalue weighted by molar-refractivity contribution is 0.162. The summed E-state index contributed by atoms with van der Waals surface area (Å²) in [4.78, 5) is 8.81. The summed E-state index contributed by atoms with van der Waals surface area (Å²) in [5.41, 5.74) is 1.48. The first-order chi connectivity index (χ1) is 16.5. The molecule has 1 saturated carbocycles. The SMILES string of the molecule is N#Cc1cccc(N2CCC(c3nnc4n3-c3ccc(Cl)cc3CN(CC3(F)CC3)C4)CC2)n1. The third kappa shape index (κ3) is 4.04. The highest BCUT2D eigenvalue weighted by Crippen LogP contribution is 2.42. The van der Waals surface area contributed by atoms with Crippen LogP contribution in [0.5, 0.6) is 0 Å². The van der Waals surface area contributed by atoms with Gasteiger partial charge in [-0.3, -0.25) is 9.47 Å². The molecule has 0 bridgehead atoms. The Morgan fingerprint density at radius 3 is 2.71 bits per heavy atom. The molecule has 4 heterocycles. The van der Waals surface area contributed by atoms with Crippen LogP contribution in [0.3, 0.4) is 0 Å². The van der Waals surface area contributed by atoms with Gasteiger partial charge in [0.25, 0.3) is 0 Å². The molecule has 1 aliphatic carbocycles. The number of piperidine rings is 1. The van der Waals surface area contributed by atoms with E-state index in [0.29, 0.717) is 43.2 Å². The number of nitrogens with zero attached hydrogens (tertiary/aromatic N) is 7. The molecule has 3 aromatic rings. The fourth-order valence-corrected chi connectivity index (χ4v) is 5.38. The number of hydrogen-bond acceptors (Lipinski definition) is 6. The summed E-state index contributed by atoms with van der Waals surface area (Å²) in [7, 11) is 0. The molecule has 0 unspecified atom stereocenters. The number of fused-ring (bicyclic) bond motifs is 3. The molecule has 1 saturated heterocycles. The summed E-state index contributed by atoms with van der Waals surface area (Å²) in [6, 6.07) is 13.6. The van der Waals surface area contributed by atoms with Gasteiger partial charge in [-0.15, -0.1) is 10.2 Å². The van der Waals surface area contributed by atoms with Gasteiger partial charge < -0.3 is 4.90 Å². The summed E-state index contributed by atoms with van der Waals surface area (Å²) in [5, 5.41) is 19.0. The molecule has 0 atom stereocenters. The fourth-order valence-electron chi connectivity index (χ4n) is 5.19. The highest BCUT2D eigenvalue weighted by Gasteiger charge is 2.45. The van der Waals surface area contributed by atoms with Gasteiger partial charge in [0, 0.05) is 37.1 Å². The number of nitriles is 1. The molecule has 0 spiro atoms. The van der Waals surface area contributed by atoms with Crippen LogP contribution in [0.25, 0.3) is 5.69 Å². The predicted octanol–water partition coefficient (Wildman–Crippen LogP) is 4.39. The van der Waals surface area contributed by atoms with E-state index in [4.69, 9.17) is 16.9 Å². The molecule has 174 valence electrons. The lowest BCUT2D eigenvalue weighted by Crippen LogP contribution is -2.34. The van der Waals surface area contributed by atoms with Crippen molar-refractivity contribution >= 4 is 17.4 Å². The number of rotatable bonds is 4. The number of pyridine rings is 1. The Morgan fingerprint density at radius 2 is 1.94 bits per heavy atom. The molecule has 2 aliphatic heterocycles. The van der Waals surface area contributed by atoms with E-state index in [1.165, 1.54) is 0 Å². The molecule has 34 heavy (non-hydrogen) atoms. The maximum Gasteiger partial charge on any atom is 0.151 e. The first-order valence-electron chi connectivity index (χ1n) is 11.8. The monoisotopic (exact) mass is 477 g/mol. The normalized spacial score (nSPS) is 19.7. The van der Waals surface area contributed by atoms with Gasteiger partial charge in [-0.25, -0.2) is 9.37 Å². The maximum atomic E-state index is 14.6. The van der Waals surface area contributed by atoms with Crippen molar-refractivity contribution < 1.29 is 4.39 Å². The predicted molar refractivity (Wildman–Crippen MR) is 127 cm³/mol. The van der Waals surface area contributed by atoms with Gasteiger partial charge in [-0.05, 0) is 61.6 Å². The van der Waals surface area contributed by atoms with Crippen LogP contribution in [0, 0.1) is 11.3 Å². The average molecular weight is 478 g/mol. The van der Waals surface area contributed by atoms with Gasteiger partial charge in [0.1, 0.15) is 29.1 Å². The molecule has 6 rings (SSSR count). The number of alkyl halides is 1. The van der Waals surface area contributed by atoms with Crippen LogP contribution in [0.4, 0.5) is 10.2 Å². The Kier molecular flexibility index (Phi) is 5.27. The summed E-state index contributed by atoms with van der Waals surface area (Å²) >= 11 is 6.34. The number of anilines is 1. The zero-order valence-electron chi connectivity index (χ0n) is 18.8. The van der Waals surface area contributed by atoms with Gasteiger partial charge in [0.2, 0.25) is 0 Å². The highest BCUT2D eigenvalue weighted by atomic mass is 35.5. The standard InChI is InChI=1S/C25H25ClFN7/c26-19-4-5-21-18(12-19)14-32(16-25(27)8-9-25)15-23-30-31-24(34(21)23)17-6-10-33(11-7-17)22-3-1-2-20(13-28)29-22/h1-5,12,17H,6-11,14-16H2. The topological polar surface area (TPSA) is 73.9 Å². The molecule has 1 aromatic carbocycles. The lowest BCUT2D eigenvalue weighted by atomic mass is 9.95. The molecule has 0 amide bonds. The molecule has 7 nitrogen and oxygen atoms in total. The van der Waals surface area contributed by atoms with Crippen LogP contribution in [0.2, 0.25) is 5.02 Å². The molecule has 2 fully saturated rings. The summed E-state index contributed by atoms with van der Waals surface area (Å²) in [6.45, 7) is 3.28. The summed E-state index contributed by atoms with van der Waals surface area (Å²) < 4.78 is 16.8. The third-order valence-electron chi connectivity index (χ3n) is 7.13. The second-order valence-corrected chi connectivity index (χ2v) is 10.1. The highest BCUT2D eigenvalue weighted by molar-refractivity contribution is 6.30. The zero-order chi connectivity index (χ0) is 23.3. The van der Waals surface area contributed by atoms with Crippen LogP contribution in [-0.4, -0.2) is 50.0 Å². The molecular weight excluding hydrogens is 453 g/mol. The average Bonchev–Trinajstić information content (AvgIpc) is 3.47. The van der Waals surface area contributed by atoms with Crippen LogP contribution >= 0.6 is 11.6 Å². The maximum absolute atomic E-state index is 14.6. The van der Waals surface area contributed by atoms with Crippen molar-refractivity contribution in [3.63, 3.8) is 0 Å². The minimum Gasteiger partial charge on any atom is -0.357 e. The largest absolute Gasteiger partial charge is 0.357 e. The summed E-state index contributed by atoms with van der Waals surface area (Å²) in [6.07, 6.45) is 3.09. The van der Waals surface area contributed by atoms with E-state index in [-0.39, 0.29) is 5.92 Å². The van der Waals surface area contributed by atoms with Gasteiger partial charge >= 0.3 is 0 Å². The fraction of sp³-hybridized carbons (Fsp3) is 0.440. The molecule has 3 aliphatic rings. The lowest BCUT2D eigenvalue weighted by Gasteiger charge is -2.32. The van der Waals surface area contributed by atoms with E-state index in [2.05, 4.69) is 35.6 Å². The smallest absolute Gasteiger partial charge is 0.151 e. The van der Waals surface area contributed by atoms with Gasteiger partial charge in [-0.1, -0.05) is 17.7 Å². The van der Waals surface area contributed by atoms with Crippen molar-refractivity contribution in [2.45, 2.75) is 50.4 Å². The Labute approximate surface area is 202 Å². The molecule has 0 N–H and O–H groups in total. The van der Waals surface area contributed by atoms with E-state index in [0.717, 1.165) is 54.6 Å². The van der Waals surface area contributed by atoms with Gasteiger partial charge in [0.05, 0.1) is 12.2 Å². The minimum atomic E-state index is -1.07. The minimum absolute atomic E-state index is 0.252. The first-order valence-corrected chi connectivity index (χ1v) is 12.2. The Hall–Kier alpha value is -3.02. The Morgan fingerprint density at radius 1 is 1.12 bits per heavy atom. The Balaban J connectivity index is 1.28.